The van der Waals surface area contributed by atoms with E-state index in [9.17, 15) is 0 Å². The highest BCUT2D eigenvalue weighted by Gasteiger charge is 1.91. The fraction of sp³-hybridized carbons (Fsp3) is 0.455. The number of hydrogen-bond acceptors (Lipinski definition) is 0. The predicted octanol–water partition coefficient (Wildman–Crippen LogP) is 3.62. The van der Waals surface area contributed by atoms with Gasteiger partial charge in [0, 0.05) is 0 Å². The van der Waals surface area contributed by atoms with Crippen molar-refractivity contribution in [1.82, 2.24) is 0 Å². The molecule has 0 heteroatoms. The van der Waals surface area contributed by atoms with E-state index in [0.29, 0.717) is 0 Å². The van der Waals surface area contributed by atoms with E-state index in [1.807, 2.05) is 0 Å². The van der Waals surface area contributed by atoms with Gasteiger partial charge in [0.25, 0.3) is 0 Å². The lowest BCUT2D eigenvalue weighted by atomic mass is 10.2. The van der Waals surface area contributed by atoms with Crippen molar-refractivity contribution in [1.29, 1.82) is 0 Å². The molecule has 0 aromatic carbocycles. The van der Waals surface area contributed by atoms with E-state index in [-0.39, 0.29) is 0 Å². The van der Waals surface area contributed by atoms with Crippen LogP contribution < -0.4 is 0 Å². The highest BCUT2D eigenvalue weighted by atomic mass is 14.0. The number of hydrogen-bond donors (Lipinski definition) is 0. The maximum absolute atomic E-state index is 2.28. The van der Waals surface area contributed by atoms with E-state index < -0.39 is 0 Å². The molecule has 1 aliphatic rings. The summed E-state index contributed by atoms with van der Waals surface area (Å²) in [6.45, 7) is 2.23. The second kappa shape index (κ2) is 4.95. The van der Waals surface area contributed by atoms with Crippen LogP contribution in [0, 0.1) is 0 Å². The van der Waals surface area contributed by atoms with Crippen molar-refractivity contribution in [2.45, 2.75) is 32.6 Å². The van der Waals surface area contributed by atoms with Crippen LogP contribution in [0.4, 0.5) is 0 Å². The van der Waals surface area contributed by atoms with E-state index in [2.05, 4.69) is 37.3 Å². The first-order chi connectivity index (χ1) is 5.43. The van der Waals surface area contributed by atoms with Crippen molar-refractivity contribution in [3.63, 3.8) is 0 Å². The molecule has 0 spiro atoms. The largest absolute Gasteiger partial charge is 0.0843 e. The van der Waals surface area contributed by atoms with Gasteiger partial charge in [-0.05, 0) is 18.4 Å². The van der Waals surface area contributed by atoms with E-state index >= 15 is 0 Å². The fourth-order valence-corrected chi connectivity index (χ4v) is 1.14. The Bertz CT molecular complexity index is 182. The first kappa shape index (κ1) is 8.32. The molecule has 0 fully saturated rings. The minimum absolute atomic E-state index is 1.13. The van der Waals surface area contributed by atoms with Crippen molar-refractivity contribution >= 4 is 0 Å². The minimum Gasteiger partial charge on any atom is -0.0843 e. The molecule has 0 bridgehead atoms. The average molecular weight is 148 g/mol. The zero-order valence-corrected chi connectivity index (χ0v) is 7.22. The second-order valence-electron chi connectivity index (χ2n) is 2.92. The van der Waals surface area contributed by atoms with Crippen molar-refractivity contribution in [2.24, 2.45) is 0 Å². The Morgan fingerprint density at radius 3 is 3.09 bits per heavy atom. The summed E-state index contributed by atoms with van der Waals surface area (Å²) < 4.78 is 0. The van der Waals surface area contributed by atoms with Gasteiger partial charge >= 0.3 is 0 Å². The normalized spacial score (nSPS) is 16.3. The first-order valence-corrected chi connectivity index (χ1v) is 4.45. The molecule has 0 saturated carbocycles. The lowest BCUT2D eigenvalue weighted by Crippen LogP contribution is -1.70. The molecule has 0 radical (unpaired) electrons. The SMILES string of the molecule is CCCC/C=C/C1=CC=CC1. The smallest absolute Gasteiger partial charge is 0.00944 e. The molecule has 0 saturated heterocycles. The molecular weight excluding hydrogens is 132 g/mol. The summed E-state index contributed by atoms with van der Waals surface area (Å²) in [6, 6.07) is 0. The van der Waals surface area contributed by atoms with Crippen LogP contribution in [0.15, 0.2) is 36.0 Å². The summed E-state index contributed by atoms with van der Waals surface area (Å²) in [5, 5.41) is 0. The lowest BCUT2D eigenvalue weighted by molar-refractivity contribution is 0.814. The molecule has 0 aromatic heterocycles. The Kier molecular flexibility index (Phi) is 3.74. The standard InChI is InChI=1S/C11H16/c1-2-3-4-5-8-11-9-6-7-10-11/h5-9H,2-4,10H2,1H3/b8-5+. The predicted molar refractivity (Wildman–Crippen MR) is 50.5 cm³/mol. The second-order valence-corrected chi connectivity index (χ2v) is 2.92. The van der Waals surface area contributed by atoms with Gasteiger partial charge in [0.05, 0.1) is 0 Å². The highest BCUT2D eigenvalue weighted by Crippen LogP contribution is 2.11. The zero-order chi connectivity index (χ0) is 7.94. The van der Waals surface area contributed by atoms with Gasteiger partial charge in [0.15, 0.2) is 0 Å². The van der Waals surface area contributed by atoms with Crippen LogP contribution in [-0.4, -0.2) is 0 Å². The quantitative estimate of drug-likeness (QED) is 0.534. The molecule has 0 N–H and O–H groups in total. The van der Waals surface area contributed by atoms with E-state index in [0.717, 1.165) is 6.42 Å². The molecule has 0 aromatic rings. The number of allylic oxidation sites excluding steroid dienone is 6. The van der Waals surface area contributed by atoms with Crippen LogP contribution in [0.2, 0.25) is 0 Å². The van der Waals surface area contributed by atoms with Gasteiger partial charge in [-0.2, -0.15) is 0 Å². The molecule has 0 unspecified atom stereocenters. The molecule has 60 valence electrons. The summed E-state index contributed by atoms with van der Waals surface area (Å²) in [6.07, 6.45) is 16.0. The Balaban J connectivity index is 2.15. The third kappa shape index (κ3) is 3.22. The average Bonchev–Trinajstić information content (AvgIpc) is 2.50. The number of rotatable bonds is 4. The Hall–Kier alpha value is -0.780. The van der Waals surface area contributed by atoms with Crippen LogP contribution in [0.25, 0.3) is 0 Å². The minimum atomic E-state index is 1.13. The molecule has 0 atom stereocenters. The van der Waals surface area contributed by atoms with Crippen molar-refractivity contribution in [3.8, 4) is 0 Å². The fourth-order valence-electron chi connectivity index (χ4n) is 1.14. The molecule has 1 aliphatic carbocycles. The topological polar surface area (TPSA) is 0 Å². The van der Waals surface area contributed by atoms with Gasteiger partial charge in [-0.3, -0.25) is 0 Å². The van der Waals surface area contributed by atoms with E-state index in [1.165, 1.54) is 24.8 Å². The van der Waals surface area contributed by atoms with E-state index in [1.54, 1.807) is 0 Å². The van der Waals surface area contributed by atoms with Crippen molar-refractivity contribution in [3.05, 3.63) is 36.0 Å². The number of unbranched alkanes of at least 4 members (excludes halogenated alkanes) is 2. The van der Waals surface area contributed by atoms with Crippen LogP contribution >= 0.6 is 0 Å². The summed E-state index contributed by atoms with van der Waals surface area (Å²) in [7, 11) is 0. The Morgan fingerprint density at radius 1 is 1.55 bits per heavy atom. The molecule has 0 heterocycles. The third-order valence-electron chi connectivity index (χ3n) is 1.86. The van der Waals surface area contributed by atoms with Gasteiger partial charge in [-0.25, -0.2) is 0 Å². The summed E-state index contributed by atoms with van der Waals surface area (Å²) in [4.78, 5) is 0. The summed E-state index contributed by atoms with van der Waals surface area (Å²) >= 11 is 0. The Labute approximate surface area is 69.3 Å². The van der Waals surface area contributed by atoms with E-state index in [4.69, 9.17) is 0 Å². The molecule has 1 rings (SSSR count). The highest BCUT2D eigenvalue weighted by molar-refractivity contribution is 5.31. The van der Waals surface area contributed by atoms with Crippen LogP contribution in [0.3, 0.4) is 0 Å². The van der Waals surface area contributed by atoms with Gasteiger partial charge in [-0.1, -0.05) is 50.1 Å². The monoisotopic (exact) mass is 148 g/mol. The molecular formula is C11H16. The molecule has 0 nitrogen and oxygen atoms in total. The van der Waals surface area contributed by atoms with Gasteiger partial charge < -0.3 is 0 Å². The maximum atomic E-state index is 2.28. The molecule has 11 heavy (non-hydrogen) atoms. The lowest BCUT2D eigenvalue weighted by Gasteiger charge is -1.90. The zero-order valence-electron chi connectivity index (χ0n) is 7.22. The molecule has 0 aliphatic heterocycles. The maximum Gasteiger partial charge on any atom is -0.00944 e. The van der Waals surface area contributed by atoms with Crippen molar-refractivity contribution < 1.29 is 0 Å². The third-order valence-corrected chi connectivity index (χ3v) is 1.86. The molecule has 0 amide bonds. The van der Waals surface area contributed by atoms with Gasteiger partial charge in [0.2, 0.25) is 0 Å². The van der Waals surface area contributed by atoms with Crippen LogP contribution in [0.5, 0.6) is 0 Å². The summed E-state index contributed by atoms with van der Waals surface area (Å²) in [5.74, 6) is 0. The Morgan fingerprint density at radius 2 is 2.45 bits per heavy atom. The van der Waals surface area contributed by atoms with Crippen LogP contribution in [0.1, 0.15) is 32.6 Å². The van der Waals surface area contributed by atoms with Gasteiger partial charge in [-0.15, -0.1) is 0 Å². The summed E-state index contributed by atoms with van der Waals surface area (Å²) in [5.41, 5.74) is 1.45. The van der Waals surface area contributed by atoms with Crippen molar-refractivity contribution in [2.75, 3.05) is 0 Å². The first-order valence-electron chi connectivity index (χ1n) is 4.45. The van der Waals surface area contributed by atoms with Crippen LogP contribution in [-0.2, 0) is 0 Å². The van der Waals surface area contributed by atoms with Gasteiger partial charge in [0.1, 0.15) is 0 Å².